The zero-order valence-corrected chi connectivity index (χ0v) is 15.8. The molecule has 0 bridgehead atoms. The minimum absolute atomic E-state index is 0.0322. The molecule has 124 valence electrons. The van der Waals surface area contributed by atoms with Crippen LogP contribution in [0.15, 0.2) is 20.7 Å². The standard InChI is InChI=1S/C15H16Br2N2O4/c1-3-5-19-14(21)9(18-15(19)22)6-8-7-10(23-4-2)13(20)12(17)11(8)16/h6-7,20H,3-5H2,1-2H3,(H,18,22)/b9-6+. The number of amides is 3. The van der Waals surface area contributed by atoms with Gasteiger partial charge < -0.3 is 15.2 Å². The molecule has 0 spiro atoms. The van der Waals surface area contributed by atoms with Gasteiger partial charge in [0.05, 0.1) is 11.1 Å². The van der Waals surface area contributed by atoms with Gasteiger partial charge >= 0.3 is 6.03 Å². The van der Waals surface area contributed by atoms with E-state index in [2.05, 4.69) is 37.2 Å². The molecule has 1 aliphatic heterocycles. The second-order valence-electron chi connectivity index (χ2n) is 4.82. The van der Waals surface area contributed by atoms with E-state index in [1.807, 2.05) is 6.92 Å². The predicted molar refractivity (Wildman–Crippen MR) is 93.2 cm³/mol. The first-order chi connectivity index (χ1) is 10.9. The number of hydrogen-bond acceptors (Lipinski definition) is 4. The minimum atomic E-state index is -0.429. The van der Waals surface area contributed by atoms with Crippen molar-refractivity contribution < 1.29 is 19.4 Å². The molecule has 1 aromatic carbocycles. The molecule has 6 nitrogen and oxygen atoms in total. The molecule has 0 atom stereocenters. The molecule has 0 aromatic heterocycles. The normalized spacial score (nSPS) is 16.2. The van der Waals surface area contributed by atoms with Gasteiger partial charge in [-0.3, -0.25) is 9.69 Å². The predicted octanol–water partition coefficient (Wildman–Crippen LogP) is 3.62. The van der Waals surface area contributed by atoms with Crippen molar-refractivity contribution in [3.63, 3.8) is 0 Å². The van der Waals surface area contributed by atoms with E-state index in [1.54, 1.807) is 19.1 Å². The summed E-state index contributed by atoms with van der Waals surface area (Å²) in [6.45, 7) is 4.45. The number of nitrogens with one attached hydrogen (secondary N) is 1. The van der Waals surface area contributed by atoms with E-state index in [0.717, 1.165) is 0 Å². The Labute approximate surface area is 150 Å². The molecule has 1 aliphatic rings. The number of ether oxygens (including phenoxy) is 1. The van der Waals surface area contributed by atoms with Crippen LogP contribution < -0.4 is 10.1 Å². The fourth-order valence-corrected chi connectivity index (χ4v) is 2.98. The number of carbonyl (C=O) groups is 2. The monoisotopic (exact) mass is 446 g/mol. The van der Waals surface area contributed by atoms with Gasteiger partial charge in [-0.25, -0.2) is 4.79 Å². The van der Waals surface area contributed by atoms with E-state index in [0.29, 0.717) is 34.1 Å². The fourth-order valence-electron chi connectivity index (χ4n) is 2.14. The quantitative estimate of drug-likeness (QED) is 0.533. The Morgan fingerprint density at radius 2 is 2.00 bits per heavy atom. The van der Waals surface area contributed by atoms with Gasteiger partial charge in [0.1, 0.15) is 5.70 Å². The van der Waals surface area contributed by atoms with Crippen molar-refractivity contribution in [1.82, 2.24) is 10.2 Å². The average molecular weight is 448 g/mol. The van der Waals surface area contributed by atoms with Crippen LogP contribution in [0.25, 0.3) is 6.08 Å². The maximum Gasteiger partial charge on any atom is 0.329 e. The van der Waals surface area contributed by atoms with Crippen molar-refractivity contribution in [2.24, 2.45) is 0 Å². The van der Waals surface area contributed by atoms with Gasteiger partial charge in [0.2, 0.25) is 0 Å². The summed E-state index contributed by atoms with van der Waals surface area (Å²) in [6.07, 6.45) is 2.24. The molecule has 0 radical (unpaired) electrons. The fraction of sp³-hybridized carbons (Fsp3) is 0.333. The van der Waals surface area contributed by atoms with Crippen LogP contribution in [0.3, 0.4) is 0 Å². The lowest BCUT2D eigenvalue weighted by atomic mass is 10.1. The lowest BCUT2D eigenvalue weighted by Gasteiger charge is -2.11. The number of hydrogen-bond donors (Lipinski definition) is 2. The summed E-state index contributed by atoms with van der Waals surface area (Å²) in [5.74, 6) is -0.113. The second kappa shape index (κ2) is 7.35. The van der Waals surface area contributed by atoms with Crippen LogP contribution >= 0.6 is 31.9 Å². The van der Waals surface area contributed by atoms with Crippen molar-refractivity contribution in [3.8, 4) is 11.5 Å². The molecule has 23 heavy (non-hydrogen) atoms. The van der Waals surface area contributed by atoms with Crippen molar-refractivity contribution in [1.29, 1.82) is 0 Å². The van der Waals surface area contributed by atoms with Crippen LogP contribution in [-0.4, -0.2) is 35.1 Å². The van der Waals surface area contributed by atoms with Gasteiger partial charge in [-0.15, -0.1) is 0 Å². The first-order valence-electron chi connectivity index (χ1n) is 7.08. The highest BCUT2D eigenvalue weighted by Crippen LogP contribution is 2.42. The maximum atomic E-state index is 12.3. The number of nitrogens with zero attached hydrogens (tertiary/aromatic N) is 1. The van der Waals surface area contributed by atoms with Crippen molar-refractivity contribution in [2.75, 3.05) is 13.2 Å². The van der Waals surface area contributed by atoms with Gasteiger partial charge in [0.15, 0.2) is 11.5 Å². The topological polar surface area (TPSA) is 78.9 Å². The lowest BCUT2D eigenvalue weighted by Crippen LogP contribution is -2.31. The lowest BCUT2D eigenvalue weighted by molar-refractivity contribution is -0.122. The summed E-state index contributed by atoms with van der Waals surface area (Å²) in [5.41, 5.74) is 0.782. The first kappa shape index (κ1) is 17.8. The van der Waals surface area contributed by atoms with Crippen LogP contribution in [0, 0.1) is 0 Å². The molecular weight excluding hydrogens is 432 g/mol. The van der Waals surface area contributed by atoms with Crippen LogP contribution in [0.5, 0.6) is 11.5 Å². The SMILES string of the molecule is CCCN1C(=O)N/C(=C/c2cc(OCC)c(O)c(Br)c2Br)C1=O. The van der Waals surface area contributed by atoms with E-state index in [-0.39, 0.29) is 23.1 Å². The number of benzene rings is 1. The summed E-state index contributed by atoms with van der Waals surface area (Å²) in [5, 5.41) is 12.6. The van der Waals surface area contributed by atoms with Crippen LogP contribution in [-0.2, 0) is 4.79 Å². The van der Waals surface area contributed by atoms with E-state index >= 15 is 0 Å². The van der Waals surface area contributed by atoms with Gasteiger partial charge in [0, 0.05) is 11.0 Å². The Bertz CT molecular complexity index is 689. The molecule has 1 heterocycles. The molecule has 1 aromatic rings. The third kappa shape index (κ3) is 3.53. The number of halogens is 2. The number of phenolic OH excluding ortho intramolecular Hbond substituents is 1. The maximum absolute atomic E-state index is 12.3. The summed E-state index contributed by atoms with van der Waals surface area (Å²) >= 11 is 6.63. The van der Waals surface area contributed by atoms with Crippen LogP contribution in [0.2, 0.25) is 0 Å². The zero-order chi connectivity index (χ0) is 17.1. The van der Waals surface area contributed by atoms with Crippen LogP contribution in [0.1, 0.15) is 25.8 Å². The van der Waals surface area contributed by atoms with E-state index in [1.165, 1.54) is 4.90 Å². The Morgan fingerprint density at radius 1 is 1.30 bits per heavy atom. The molecule has 3 amide bonds. The van der Waals surface area contributed by atoms with Crippen LogP contribution in [0.4, 0.5) is 4.79 Å². The Morgan fingerprint density at radius 3 is 2.61 bits per heavy atom. The molecule has 2 N–H and O–H groups in total. The van der Waals surface area contributed by atoms with E-state index < -0.39 is 6.03 Å². The van der Waals surface area contributed by atoms with Crippen molar-refractivity contribution in [3.05, 3.63) is 26.3 Å². The summed E-state index contributed by atoms with van der Waals surface area (Å²) in [7, 11) is 0. The Balaban J connectivity index is 2.43. The summed E-state index contributed by atoms with van der Waals surface area (Å²) in [4.78, 5) is 25.2. The Hall–Kier alpha value is -1.54. The van der Waals surface area contributed by atoms with Crippen molar-refractivity contribution >= 4 is 49.9 Å². The average Bonchev–Trinajstić information content (AvgIpc) is 2.78. The number of phenols is 1. The highest BCUT2D eigenvalue weighted by Gasteiger charge is 2.33. The number of carbonyl (C=O) groups excluding carboxylic acids is 2. The number of aromatic hydroxyl groups is 1. The molecule has 0 aliphatic carbocycles. The summed E-state index contributed by atoms with van der Waals surface area (Å²) in [6, 6.07) is 1.17. The highest BCUT2D eigenvalue weighted by molar-refractivity contribution is 9.13. The number of imide groups is 1. The molecule has 1 fully saturated rings. The zero-order valence-electron chi connectivity index (χ0n) is 12.7. The third-order valence-corrected chi connectivity index (χ3v) is 5.34. The van der Waals surface area contributed by atoms with E-state index in [4.69, 9.17) is 4.74 Å². The number of urea groups is 1. The molecule has 0 unspecified atom stereocenters. The molecule has 8 heteroatoms. The molecule has 1 saturated heterocycles. The van der Waals surface area contributed by atoms with Crippen molar-refractivity contribution in [2.45, 2.75) is 20.3 Å². The van der Waals surface area contributed by atoms with Gasteiger partial charge in [-0.05, 0) is 62.9 Å². The summed E-state index contributed by atoms with van der Waals surface area (Å²) < 4.78 is 6.34. The minimum Gasteiger partial charge on any atom is -0.503 e. The number of rotatable bonds is 5. The first-order valence-corrected chi connectivity index (χ1v) is 8.67. The smallest absolute Gasteiger partial charge is 0.329 e. The second-order valence-corrected chi connectivity index (χ2v) is 6.40. The largest absolute Gasteiger partial charge is 0.503 e. The molecule has 2 rings (SSSR count). The third-order valence-electron chi connectivity index (χ3n) is 3.18. The Kier molecular flexibility index (Phi) is 5.69. The molecule has 0 saturated carbocycles. The van der Waals surface area contributed by atoms with Gasteiger partial charge in [0.25, 0.3) is 5.91 Å². The van der Waals surface area contributed by atoms with Gasteiger partial charge in [-0.2, -0.15) is 0 Å². The van der Waals surface area contributed by atoms with Gasteiger partial charge in [-0.1, -0.05) is 6.92 Å². The van der Waals surface area contributed by atoms with E-state index in [9.17, 15) is 14.7 Å². The molecular formula is C15H16Br2N2O4. The highest BCUT2D eigenvalue weighted by atomic mass is 79.9.